The van der Waals surface area contributed by atoms with Gasteiger partial charge in [-0.15, -0.1) is 7.68 Å². The largest absolute Gasteiger partial charge is 0.139 e. The zero-order valence-electron chi connectivity index (χ0n) is 12.0. The Morgan fingerprint density at radius 2 is 1.35 bits per heavy atom. The van der Waals surface area contributed by atoms with Crippen LogP contribution in [0, 0.1) is 0 Å². The quantitative estimate of drug-likeness (QED) is 0.520. The van der Waals surface area contributed by atoms with Crippen molar-refractivity contribution in [3.8, 4) is 0 Å². The summed E-state index contributed by atoms with van der Waals surface area (Å²) in [5.74, 6) is 0. The molecule has 1 atom stereocenters. The van der Waals surface area contributed by atoms with Gasteiger partial charge in [0.05, 0.1) is 15.5 Å². The standard InChI is InChI=1S/C14H27PSi2/c1-6-17(7-2,8-3)15-16(4,5)14-12-10-9-11-13-14/h9-13,15H,6-8H2,1-5H3. The van der Waals surface area contributed by atoms with E-state index in [2.05, 4.69) is 64.2 Å². The molecule has 1 unspecified atom stereocenters. The first-order chi connectivity index (χ1) is 7.99. The molecule has 0 aliphatic carbocycles. The van der Waals surface area contributed by atoms with Crippen molar-refractivity contribution in [2.75, 3.05) is 0 Å². The van der Waals surface area contributed by atoms with Crippen LogP contribution in [0.15, 0.2) is 30.3 Å². The summed E-state index contributed by atoms with van der Waals surface area (Å²) in [5, 5.41) is 1.66. The molecule has 1 aromatic rings. The van der Waals surface area contributed by atoms with Crippen molar-refractivity contribution in [3.63, 3.8) is 0 Å². The molecule has 17 heavy (non-hydrogen) atoms. The Labute approximate surface area is 111 Å². The third-order valence-electron chi connectivity index (χ3n) is 4.10. The number of benzene rings is 1. The van der Waals surface area contributed by atoms with E-state index in [1.807, 2.05) is 0 Å². The van der Waals surface area contributed by atoms with Gasteiger partial charge >= 0.3 is 0 Å². The maximum absolute atomic E-state index is 2.57. The van der Waals surface area contributed by atoms with Crippen LogP contribution in [0.4, 0.5) is 0 Å². The molecule has 0 amide bonds. The molecule has 1 rings (SSSR count). The van der Waals surface area contributed by atoms with Crippen molar-refractivity contribution in [1.29, 1.82) is 0 Å². The molecule has 0 saturated heterocycles. The smallest absolute Gasteiger partial charge is 0.0998 e. The molecule has 0 spiro atoms. The van der Waals surface area contributed by atoms with Crippen molar-refractivity contribution in [3.05, 3.63) is 30.3 Å². The molecular weight excluding hydrogens is 255 g/mol. The Balaban J connectivity index is 2.92. The molecule has 0 aromatic heterocycles. The predicted octanol–water partition coefficient (Wildman–Crippen LogP) is 4.78. The Kier molecular flexibility index (Phi) is 5.62. The highest BCUT2D eigenvalue weighted by Crippen LogP contribution is 2.44. The van der Waals surface area contributed by atoms with Gasteiger partial charge in [-0.2, -0.15) is 0 Å². The highest BCUT2D eigenvalue weighted by atomic mass is 31.6. The second kappa shape index (κ2) is 6.31. The minimum Gasteiger partial charge on any atom is -0.139 e. The summed E-state index contributed by atoms with van der Waals surface area (Å²) >= 11 is 0. The Morgan fingerprint density at radius 1 is 0.882 bits per heavy atom. The summed E-state index contributed by atoms with van der Waals surface area (Å²) in [6.45, 7) is 12.4. The lowest BCUT2D eigenvalue weighted by Crippen LogP contribution is -2.43. The Morgan fingerprint density at radius 3 is 1.76 bits per heavy atom. The fourth-order valence-corrected chi connectivity index (χ4v) is 31.6. The SMILES string of the molecule is CC[Si](CC)(CC)P[Si](C)(C)c1ccccc1. The molecule has 0 nitrogen and oxygen atoms in total. The van der Waals surface area contributed by atoms with Crippen molar-refractivity contribution in [2.45, 2.75) is 52.0 Å². The number of hydrogen-bond donors (Lipinski definition) is 0. The fraction of sp³-hybridized carbons (Fsp3) is 0.571. The maximum atomic E-state index is 2.57. The van der Waals surface area contributed by atoms with E-state index in [9.17, 15) is 0 Å². The first kappa shape index (κ1) is 15.1. The van der Waals surface area contributed by atoms with Crippen molar-refractivity contribution < 1.29 is 0 Å². The lowest BCUT2D eigenvalue weighted by Gasteiger charge is -2.36. The van der Waals surface area contributed by atoms with Gasteiger partial charge in [-0.25, -0.2) is 0 Å². The van der Waals surface area contributed by atoms with Gasteiger partial charge < -0.3 is 0 Å². The third-order valence-corrected chi connectivity index (χ3v) is 29.0. The summed E-state index contributed by atoms with van der Waals surface area (Å²) in [6, 6.07) is 15.7. The van der Waals surface area contributed by atoms with E-state index in [1.165, 1.54) is 25.8 Å². The lowest BCUT2D eigenvalue weighted by molar-refractivity contribution is 1.22. The van der Waals surface area contributed by atoms with Gasteiger partial charge in [-0.1, -0.05) is 87.5 Å². The van der Waals surface area contributed by atoms with Crippen molar-refractivity contribution >= 4 is 28.3 Å². The number of rotatable bonds is 6. The second-order valence-corrected chi connectivity index (χ2v) is 24.1. The van der Waals surface area contributed by atoms with Crippen LogP contribution in [-0.4, -0.2) is 15.5 Å². The monoisotopic (exact) mass is 282 g/mol. The van der Waals surface area contributed by atoms with E-state index in [0.29, 0.717) is 0 Å². The summed E-state index contributed by atoms with van der Waals surface area (Å²) < 4.78 is 0. The highest BCUT2D eigenvalue weighted by molar-refractivity contribution is 8.08. The molecule has 0 heterocycles. The summed E-state index contributed by atoms with van der Waals surface area (Å²) in [7, 11) is -0.859. The summed E-state index contributed by atoms with van der Waals surface area (Å²) in [6.07, 6.45) is 0. The minimum atomic E-state index is -1.19. The first-order valence-corrected chi connectivity index (χ1v) is 15.5. The summed E-state index contributed by atoms with van der Waals surface area (Å²) in [4.78, 5) is 0. The zero-order chi connectivity index (χ0) is 12.9. The van der Waals surface area contributed by atoms with Gasteiger partial charge in [0.2, 0.25) is 0 Å². The van der Waals surface area contributed by atoms with Crippen LogP contribution in [0.2, 0.25) is 31.2 Å². The van der Waals surface area contributed by atoms with Gasteiger partial charge in [-0.05, 0) is 0 Å². The van der Waals surface area contributed by atoms with Gasteiger partial charge in [0.1, 0.15) is 0 Å². The second-order valence-electron chi connectivity index (χ2n) is 5.46. The summed E-state index contributed by atoms with van der Waals surface area (Å²) in [5.41, 5.74) is 0. The Hall–Kier alpha value is 0.0838. The molecule has 3 heteroatoms. The topological polar surface area (TPSA) is 0 Å². The van der Waals surface area contributed by atoms with Gasteiger partial charge in [-0.3, -0.25) is 0 Å². The van der Waals surface area contributed by atoms with Gasteiger partial charge in [0, 0.05) is 0 Å². The minimum absolute atomic E-state index is 0.946. The molecule has 0 bridgehead atoms. The first-order valence-electron chi connectivity index (χ1n) is 6.84. The van der Waals surface area contributed by atoms with Gasteiger partial charge in [0.15, 0.2) is 0 Å². The van der Waals surface area contributed by atoms with E-state index in [1.54, 1.807) is 5.19 Å². The van der Waals surface area contributed by atoms with Crippen molar-refractivity contribution in [2.24, 2.45) is 0 Å². The van der Waals surface area contributed by atoms with Crippen LogP contribution in [0.5, 0.6) is 0 Å². The lowest BCUT2D eigenvalue weighted by atomic mass is 10.4. The zero-order valence-corrected chi connectivity index (χ0v) is 15.0. The predicted molar refractivity (Wildman–Crippen MR) is 89.1 cm³/mol. The molecule has 0 fully saturated rings. The third kappa shape index (κ3) is 3.77. The van der Waals surface area contributed by atoms with E-state index < -0.39 is 15.5 Å². The molecule has 0 N–H and O–H groups in total. The Bertz CT molecular complexity index is 323. The van der Waals surface area contributed by atoms with Crippen LogP contribution < -0.4 is 5.19 Å². The van der Waals surface area contributed by atoms with Crippen LogP contribution >= 0.6 is 7.68 Å². The molecule has 0 aliphatic rings. The number of hydrogen-bond acceptors (Lipinski definition) is 0. The van der Waals surface area contributed by atoms with E-state index in [-0.39, 0.29) is 0 Å². The van der Waals surface area contributed by atoms with Crippen LogP contribution in [-0.2, 0) is 0 Å². The molecule has 0 saturated carbocycles. The normalized spacial score (nSPS) is 13.5. The van der Waals surface area contributed by atoms with Crippen LogP contribution in [0.1, 0.15) is 20.8 Å². The molecule has 0 aliphatic heterocycles. The van der Waals surface area contributed by atoms with Crippen molar-refractivity contribution in [1.82, 2.24) is 0 Å². The van der Waals surface area contributed by atoms with Crippen LogP contribution in [0.3, 0.4) is 0 Å². The van der Waals surface area contributed by atoms with Crippen LogP contribution in [0.25, 0.3) is 0 Å². The molecule has 0 radical (unpaired) electrons. The highest BCUT2D eigenvalue weighted by Gasteiger charge is 2.36. The van der Waals surface area contributed by atoms with E-state index >= 15 is 0 Å². The van der Waals surface area contributed by atoms with E-state index in [0.717, 1.165) is 0 Å². The molecular formula is C14H27PSi2. The maximum Gasteiger partial charge on any atom is 0.0998 e. The average Bonchev–Trinajstić information content (AvgIpc) is 2.37. The van der Waals surface area contributed by atoms with E-state index in [4.69, 9.17) is 0 Å². The van der Waals surface area contributed by atoms with Gasteiger partial charge in [0.25, 0.3) is 0 Å². The fourth-order valence-electron chi connectivity index (χ4n) is 2.61. The molecule has 96 valence electrons. The average molecular weight is 283 g/mol. The molecule has 1 aromatic carbocycles.